The maximum Gasteiger partial charge on any atom is 0.524 e. The first kappa shape index (κ1) is 11.3. The first-order valence-electron chi connectivity index (χ1n) is 3.64. The average Bonchev–Trinajstić information content (AvgIpc) is 2.14. The first-order chi connectivity index (χ1) is 6.49. The van der Waals surface area contributed by atoms with E-state index in [1.165, 1.54) is 0 Å². The van der Waals surface area contributed by atoms with Crippen molar-refractivity contribution in [3.63, 3.8) is 0 Å². The summed E-state index contributed by atoms with van der Waals surface area (Å²) in [6.07, 6.45) is 0.831. The molecule has 0 saturated heterocycles. The van der Waals surface area contributed by atoms with Crippen molar-refractivity contribution in [1.29, 1.82) is 0 Å². The summed E-state index contributed by atoms with van der Waals surface area (Å²) in [6, 6.07) is 8.70. The minimum atomic E-state index is -4.50. The summed E-state index contributed by atoms with van der Waals surface area (Å²) in [6.45, 7) is 0. The van der Waals surface area contributed by atoms with Crippen molar-refractivity contribution in [3.05, 3.63) is 42.2 Å². The molecule has 1 aromatic carbocycles. The Kier molecular flexibility index (Phi) is 3.72. The van der Waals surface area contributed by atoms with E-state index in [0.29, 0.717) is 5.56 Å². The SMILES string of the molecule is O=P(O)(O)OC=C(Cl)c1ccccc1. The lowest BCUT2D eigenvalue weighted by Gasteiger charge is -2.02. The second-order valence-electron chi connectivity index (χ2n) is 2.43. The third kappa shape index (κ3) is 3.94. The van der Waals surface area contributed by atoms with E-state index < -0.39 is 7.82 Å². The second kappa shape index (κ2) is 4.62. The molecule has 0 bridgehead atoms. The van der Waals surface area contributed by atoms with E-state index in [1.54, 1.807) is 30.3 Å². The van der Waals surface area contributed by atoms with Gasteiger partial charge >= 0.3 is 7.82 Å². The van der Waals surface area contributed by atoms with Gasteiger partial charge in [0.15, 0.2) is 0 Å². The van der Waals surface area contributed by atoms with E-state index in [9.17, 15) is 4.57 Å². The monoisotopic (exact) mass is 234 g/mol. The van der Waals surface area contributed by atoms with Gasteiger partial charge in [0.05, 0.1) is 5.03 Å². The minimum absolute atomic E-state index is 0.133. The molecule has 0 aliphatic carbocycles. The summed E-state index contributed by atoms with van der Waals surface area (Å²) in [7, 11) is -4.50. The van der Waals surface area contributed by atoms with Crippen LogP contribution in [0.2, 0.25) is 0 Å². The van der Waals surface area contributed by atoms with Gasteiger partial charge in [-0.2, -0.15) is 0 Å². The van der Waals surface area contributed by atoms with Crippen LogP contribution in [-0.4, -0.2) is 9.79 Å². The molecule has 0 saturated carbocycles. The van der Waals surface area contributed by atoms with E-state index in [-0.39, 0.29) is 5.03 Å². The molecule has 14 heavy (non-hydrogen) atoms. The lowest BCUT2D eigenvalue weighted by Crippen LogP contribution is -1.81. The number of phosphoric ester groups is 1. The van der Waals surface area contributed by atoms with Crippen molar-refractivity contribution >= 4 is 24.5 Å². The van der Waals surface area contributed by atoms with E-state index in [1.807, 2.05) is 0 Å². The Morgan fingerprint density at radius 2 is 1.93 bits per heavy atom. The standard InChI is InChI=1S/C8H8ClO4P/c9-8(6-13-14(10,11)12)7-4-2-1-3-5-7/h1-6H,(H2,10,11,12). The summed E-state index contributed by atoms with van der Waals surface area (Å²) < 4.78 is 14.5. The van der Waals surface area contributed by atoms with Gasteiger partial charge in [-0.15, -0.1) is 0 Å². The third-order valence-electron chi connectivity index (χ3n) is 1.34. The van der Waals surface area contributed by atoms with Crippen molar-refractivity contribution in [1.82, 2.24) is 0 Å². The quantitative estimate of drug-likeness (QED) is 0.622. The van der Waals surface area contributed by atoms with E-state index in [2.05, 4.69) is 4.52 Å². The number of hydrogen-bond donors (Lipinski definition) is 2. The zero-order valence-electron chi connectivity index (χ0n) is 7.00. The Labute approximate surface area is 86.0 Å². The van der Waals surface area contributed by atoms with Gasteiger partial charge in [-0.05, 0) is 5.56 Å². The van der Waals surface area contributed by atoms with Crippen molar-refractivity contribution in [2.45, 2.75) is 0 Å². The first-order valence-corrected chi connectivity index (χ1v) is 5.55. The summed E-state index contributed by atoms with van der Waals surface area (Å²) >= 11 is 5.71. The average molecular weight is 235 g/mol. The van der Waals surface area contributed by atoms with Gasteiger partial charge in [-0.1, -0.05) is 41.9 Å². The highest BCUT2D eigenvalue weighted by Gasteiger charge is 2.12. The molecule has 76 valence electrons. The number of rotatable bonds is 3. The van der Waals surface area contributed by atoms with Crippen molar-refractivity contribution in [2.24, 2.45) is 0 Å². The molecule has 0 heterocycles. The zero-order chi connectivity index (χ0) is 10.6. The molecule has 4 nitrogen and oxygen atoms in total. The van der Waals surface area contributed by atoms with Crippen molar-refractivity contribution in [2.75, 3.05) is 0 Å². The van der Waals surface area contributed by atoms with E-state index in [0.717, 1.165) is 6.26 Å². The lowest BCUT2D eigenvalue weighted by atomic mass is 10.2. The summed E-state index contributed by atoms with van der Waals surface area (Å²) in [5, 5.41) is 0.133. The van der Waals surface area contributed by atoms with Crippen LogP contribution < -0.4 is 0 Å². The maximum absolute atomic E-state index is 10.3. The lowest BCUT2D eigenvalue weighted by molar-refractivity contribution is 0.259. The minimum Gasteiger partial charge on any atom is -0.411 e. The van der Waals surface area contributed by atoms with Gasteiger partial charge in [0.25, 0.3) is 0 Å². The Hall–Kier alpha value is -0.800. The van der Waals surface area contributed by atoms with E-state index in [4.69, 9.17) is 21.4 Å². The fourth-order valence-corrected chi connectivity index (χ4v) is 1.26. The molecule has 0 atom stereocenters. The largest absolute Gasteiger partial charge is 0.524 e. The van der Waals surface area contributed by atoms with Crippen LogP contribution in [0.1, 0.15) is 5.56 Å². The Balaban J connectivity index is 2.76. The third-order valence-corrected chi connectivity index (χ3v) is 2.03. The smallest absolute Gasteiger partial charge is 0.411 e. The normalized spacial score (nSPS) is 12.6. The van der Waals surface area contributed by atoms with E-state index >= 15 is 0 Å². The van der Waals surface area contributed by atoms with Gasteiger partial charge in [-0.25, -0.2) is 4.57 Å². The molecule has 0 aromatic heterocycles. The molecule has 2 N–H and O–H groups in total. The maximum atomic E-state index is 10.3. The Morgan fingerprint density at radius 3 is 2.43 bits per heavy atom. The van der Waals surface area contributed by atoms with Gasteiger partial charge in [0.1, 0.15) is 6.26 Å². The molecule has 0 unspecified atom stereocenters. The van der Waals surface area contributed by atoms with Crippen LogP contribution in [0.3, 0.4) is 0 Å². The molecular formula is C8H8ClO4P. The fraction of sp³-hybridized carbons (Fsp3) is 0. The molecule has 1 aromatic rings. The summed E-state index contributed by atoms with van der Waals surface area (Å²) in [5.74, 6) is 0. The number of benzene rings is 1. The number of hydrogen-bond acceptors (Lipinski definition) is 2. The zero-order valence-corrected chi connectivity index (χ0v) is 8.65. The molecular weight excluding hydrogens is 227 g/mol. The number of halogens is 1. The van der Waals surface area contributed by atoms with Gasteiger partial charge < -0.3 is 4.52 Å². The predicted octanol–water partition coefficient (Wildman–Crippen LogP) is 2.33. The van der Waals surface area contributed by atoms with Gasteiger partial charge in [0, 0.05) is 0 Å². The molecule has 1 rings (SSSR count). The summed E-state index contributed by atoms with van der Waals surface area (Å²) in [5.41, 5.74) is 0.627. The van der Waals surface area contributed by atoms with Crippen LogP contribution in [0.5, 0.6) is 0 Å². The molecule has 0 aliphatic rings. The molecule has 0 radical (unpaired) electrons. The second-order valence-corrected chi connectivity index (χ2v) is 4.03. The predicted molar refractivity (Wildman–Crippen MR) is 53.4 cm³/mol. The van der Waals surface area contributed by atoms with Gasteiger partial charge in [0.2, 0.25) is 0 Å². The highest BCUT2D eigenvalue weighted by Crippen LogP contribution is 2.37. The Bertz CT molecular complexity index is 370. The van der Waals surface area contributed by atoms with Crippen LogP contribution >= 0.6 is 19.4 Å². The highest BCUT2D eigenvalue weighted by molar-refractivity contribution is 7.46. The summed E-state index contributed by atoms with van der Waals surface area (Å²) in [4.78, 5) is 16.8. The Morgan fingerprint density at radius 1 is 1.36 bits per heavy atom. The van der Waals surface area contributed by atoms with Crippen molar-refractivity contribution < 1.29 is 18.9 Å². The topological polar surface area (TPSA) is 66.8 Å². The van der Waals surface area contributed by atoms with Crippen LogP contribution in [0, 0.1) is 0 Å². The van der Waals surface area contributed by atoms with Crippen LogP contribution in [0.25, 0.3) is 5.03 Å². The molecule has 0 spiro atoms. The molecule has 6 heteroatoms. The highest BCUT2D eigenvalue weighted by atomic mass is 35.5. The van der Waals surface area contributed by atoms with Crippen LogP contribution in [0.4, 0.5) is 0 Å². The van der Waals surface area contributed by atoms with Crippen LogP contribution in [0.15, 0.2) is 36.6 Å². The molecule has 0 amide bonds. The fourth-order valence-electron chi connectivity index (χ4n) is 0.780. The molecule has 0 aliphatic heterocycles. The molecule has 0 fully saturated rings. The number of phosphoric acid groups is 1. The van der Waals surface area contributed by atoms with Crippen LogP contribution in [-0.2, 0) is 9.09 Å². The van der Waals surface area contributed by atoms with Crippen molar-refractivity contribution in [3.8, 4) is 0 Å². The van der Waals surface area contributed by atoms with Gasteiger partial charge in [-0.3, -0.25) is 9.79 Å².